The number of methoxy groups -OCH3 is 1. The van der Waals surface area contributed by atoms with Gasteiger partial charge in [-0.1, -0.05) is 24.3 Å². The quantitative estimate of drug-likeness (QED) is 0.291. The second kappa shape index (κ2) is 16.1. The van der Waals surface area contributed by atoms with E-state index in [4.69, 9.17) is 14.2 Å². The highest BCUT2D eigenvalue weighted by molar-refractivity contribution is 5.99. The van der Waals surface area contributed by atoms with Crippen molar-refractivity contribution in [2.45, 2.75) is 44.7 Å². The van der Waals surface area contributed by atoms with Crippen molar-refractivity contribution in [3.63, 3.8) is 0 Å². The van der Waals surface area contributed by atoms with Gasteiger partial charge in [-0.2, -0.15) is 0 Å². The van der Waals surface area contributed by atoms with E-state index >= 15 is 0 Å². The zero-order chi connectivity index (χ0) is 34.9. The van der Waals surface area contributed by atoms with Crippen molar-refractivity contribution < 1.29 is 43.3 Å². The largest absolute Gasteiger partial charge is 0.497 e. The van der Waals surface area contributed by atoms with E-state index in [1.807, 2.05) is 24.3 Å². The lowest BCUT2D eigenvalue weighted by Crippen LogP contribution is -2.56. The molecule has 2 aromatic carbocycles. The molecule has 2 fully saturated rings. The smallest absolute Gasteiger partial charge is 0.409 e. The van der Waals surface area contributed by atoms with Gasteiger partial charge in [-0.25, -0.2) is 9.78 Å². The molecular weight excluding hydrogens is 634 g/mol. The Morgan fingerprint density at radius 1 is 0.980 bits per heavy atom. The van der Waals surface area contributed by atoms with Gasteiger partial charge in [0.25, 0.3) is 11.8 Å². The molecule has 2 atom stereocenters. The van der Waals surface area contributed by atoms with E-state index in [1.54, 1.807) is 43.2 Å². The van der Waals surface area contributed by atoms with Gasteiger partial charge in [0, 0.05) is 50.6 Å². The van der Waals surface area contributed by atoms with Crippen LogP contribution in [0.5, 0.6) is 11.5 Å². The number of likely N-dealkylation sites (tertiary alicyclic amines) is 1. The van der Waals surface area contributed by atoms with Crippen LogP contribution in [0.4, 0.5) is 4.79 Å². The van der Waals surface area contributed by atoms with E-state index in [-0.39, 0.29) is 75.6 Å². The molecule has 2 aliphatic rings. The first-order valence-corrected chi connectivity index (χ1v) is 16.4. The second-order valence-electron chi connectivity index (χ2n) is 11.8. The predicted octanol–water partition coefficient (Wildman–Crippen LogP) is 3.25. The molecule has 1 unspecified atom stereocenters. The second-order valence-corrected chi connectivity index (χ2v) is 11.8. The molecule has 4 amide bonds. The van der Waals surface area contributed by atoms with Crippen LogP contribution in [0.2, 0.25) is 0 Å². The lowest BCUT2D eigenvalue weighted by molar-refractivity contribution is -0.138. The fourth-order valence-electron chi connectivity index (χ4n) is 6.16. The van der Waals surface area contributed by atoms with E-state index < -0.39 is 29.9 Å². The summed E-state index contributed by atoms with van der Waals surface area (Å²) in [7, 11) is 1.60. The first-order chi connectivity index (χ1) is 23.7. The monoisotopic (exact) mass is 675 g/mol. The number of aliphatic carboxylic acids is 1. The Kier molecular flexibility index (Phi) is 11.5. The highest BCUT2D eigenvalue weighted by atomic mass is 16.6. The number of ether oxygens (including phenoxy) is 3. The normalized spacial score (nSPS) is 16.6. The Morgan fingerprint density at radius 3 is 2.47 bits per heavy atom. The third-order valence-electron chi connectivity index (χ3n) is 8.68. The summed E-state index contributed by atoms with van der Waals surface area (Å²) < 4.78 is 16.5. The Morgan fingerprint density at radius 2 is 1.73 bits per heavy atom. The van der Waals surface area contributed by atoms with Crippen molar-refractivity contribution in [2.75, 3.05) is 53.0 Å². The van der Waals surface area contributed by atoms with E-state index in [1.165, 1.54) is 15.9 Å². The van der Waals surface area contributed by atoms with Crippen LogP contribution in [-0.4, -0.2) is 114 Å². The van der Waals surface area contributed by atoms with Gasteiger partial charge in [-0.3, -0.25) is 19.2 Å². The van der Waals surface area contributed by atoms with Crippen LogP contribution in [0.1, 0.15) is 54.7 Å². The van der Waals surface area contributed by atoms with Gasteiger partial charge in [-0.05, 0) is 56.0 Å². The summed E-state index contributed by atoms with van der Waals surface area (Å²) >= 11 is 0. The maximum atomic E-state index is 13.6. The number of nitrogens with one attached hydrogen (secondary N) is 1. The highest BCUT2D eigenvalue weighted by Gasteiger charge is 2.32. The summed E-state index contributed by atoms with van der Waals surface area (Å²) in [6.07, 6.45) is 0.690. The molecule has 2 N–H and O–H groups in total. The minimum atomic E-state index is -1.15. The molecule has 0 bridgehead atoms. The molecule has 1 aromatic heterocycles. The zero-order valence-corrected chi connectivity index (χ0v) is 27.6. The first kappa shape index (κ1) is 34.9. The van der Waals surface area contributed by atoms with Gasteiger partial charge in [0.05, 0.1) is 25.3 Å². The first-order valence-electron chi connectivity index (χ1n) is 16.4. The Labute approximate surface area is 283 Å². The van der Waals surface area contributed by atoms with Crippen molar-refractivity contribution in [1.82, 2.24) is 25.0 Å². The van der Waals surface area contributed by atoms with E-state index in [0.717, 1.165) is 18.4 Å². The number of amides is 4. The van der Waals surface area contributed by atoms with Gasteiger partial charge < -0.3 is 39.3 Å². The molecule has 14 nitrogen and oxygen atoms in total. The van der Waals surface area contributed by atoms with Crippen molar-refractivity contribution in [1.29, 1.82) is 0 Å². The summed E-state index contributed by atoms with van der Waals surface area (Å²) in [5, 5.41) is 12.6. The van der Waals surface area contributed by atoms with E-state index in [9.17, 15) is 29.1 Å². The molecule has 2 aliphatic heterocycles. The number of pyridine rings is 1. The molecule has 0 spiro atoms. The van der Waals surface area contributed by atoms with Crippen molar-refractivity contribution in [3.05, 3.63) is 65.9 Å². The molecule has 14 heteroatoms. The van der Waals surface area contributed by atoms with Crippen LogP contribution in [-0.2, 0) is 19.1 Å². The average molecular weight is 676 g/mol. The number of carbonyl (C=O) groups excluding carboxylic acids is 4. The van der Waals surface area contributed by atoms with Crippen LogP contribution in [0.15, 0.2) is 54.6 Å². The summed E-state index contributed by atoms with van der Waals surface area (Å²) in [4.78, 5) is 73.3. The molecular formula is C35H41N5O9. The van der Waals surface area contributed by atoms with Crippen molar-refractivity contribution in [2.24, 2.45) is 0 Å². The van der Waals surface area contributed by atoms with Crippen LogP contribution in [0.25, 0.3) is 10.9 Å². The third kappa shape index (κ3) is 8.55. The number of aromatic nitrogens is 1. The SMILES string of the molecule is CCOC(=O)N1CCN(C(=O)C(CCC(=O)O)NC(=O)c2cc(OCC(=O)N3CCC[C@H]3c3cccc(OC)c3)c3ccccc3n2)CC1. The van der Waals surface area contributed by atoms with Gasteiger partial charge in [-0.15, -0.1) is 0 Å². The molecule has 260 valence electrons. The fourth-order valence-corrected chi connectivity index (χ4v) is 6.16. The van der Waals surface area contributed by atoms with Crippen LogP contribution >= 0.6 is 0 Å². The number of carboxylic acids is 1. The number of carboxylic acid groups (broad SMARTS) is 1. The fraction of sp³-hybridized carbons (Fsp3) is 0.429. The zero-order valence-electron chi connectivity index (χ0n) is 27.6. The summed E-state index contributed by atoms with van der Waals surface area (Å²) in [5.74, 6) is -1.50. The molecule has 49 heavy (non-hydrogen) atoms. The molecule has 0 aliphatic carbocycles. The predicted molar refractivity (Wildman–Crippen MR) is 177 cm³/mol. The highest BCUT2D eigenvalue weighted by Crippen LogP contribution is 2.34. The number of piperazine rings is 1. The van der Waals surface area contributed by atoms with Crippen LogP contribution in [0, 0.1) is 0 Å². The average Bonchev–Trinajstić information content (AvgIpc) is 3.62. The number of carbonyl (C=O) groups is 5. The van der Waals surface area contributed by atoms with Crippen LogP contribution in [0.3, 0.4) is 0 Å². The third-order valence-corrected chi connectivity index (χ3v) is 8.68. The number of fused-ring (bicyclic) bond motifs is 1. The lowest BCUT2D eigenvalue weighted by Gasteiger charge is -2.35. The Balaban J connectivity index is 1.30. The lowest BCUT2D eigenvalue weighted by atomic mass is 10.0. The van der Waals surface area contributed by atoms with E-state index in [2.05, 4.69) is 10.3 Å². The number of nitrogens with zero attached hydrogens (tertiary/aromatic N) is 4. The minimum absolute atomic E-state index is 0.0585. The minimum Gasteiger partial charge on any atom is -0.497 e. The van der Waals surface area contributed by atoms with Crippen molar-refractivity contribution >= 4 is 40.7 Å². The molecule has 0 saturated carbocycles. The van der Waals surface area contributed by atoms with E-state index in [0.29, 0.717) is 23.2 Å². The number of benzene rings is 2. The van der Waals surface area contributed by atoms with Crippen LogP contribution < -0.4 is 14.8 Å². The molecule has 3 aromatic rings. The van der Waals surface area contributed by atoms with Gasteiger partial charge >= 0.3 is 12.1 Å². The summed E-state index contributed by atoms with van der Waals surface area (Å²) in [5.41, 5.74) is 1.36. The topological polar surface area (TPSA) is 168 Å². The number of para-hydroxylation sites is 1. The number of hydrogen-bond donors (Lipinski definition) is 2. The molecule has 2 saturated heterocycles. The number of hydrogen-bond acceptors (Lipinski definition) is 9. The standard InChI is InChI=1S/C35H41N5O9/c1-3-48-35(46)39-18-16-38(17-19-39)34(45)27(13-14-32(42)43)37-33(44)28-21-30(25-10-4-5-11-26(25)36-28)49-22-31(41)40-15-7-12-29(40)23-8-6-9-24(20-23)47-2/h4-6,8-11,20-21,27,29H,3,7,12-19,22H2,1-2H3,(H,37,44)(H,42,43)/t27?,29-/m0/s1. The van der Waals surface area contributed by atoms with Crippen molar-refractivity contribution in [3.8, 4) is 11.5 Å². The van der Waals surface area contributed by atoms with Gasteiger partial charge in [0.2, 0.25) is 5.91 Å². The van der Waals surface area contributed by atoms with Gasteiger partial charge in [0.15, 0.2) is 6.61 Å². The maximum Gasteiger partial charge on any atom is 0.409 e. The molecule has 0 radical (unpaired) electrons. The molecule has 3 heterocycles. The Hall–Kier alpha value is -5.40. The Bertz CT molecular complexity index is 1690. The molecule has 5 rings (SSSR count). The summed E-state index contributed by atoms with van der Waals surface area (Å²) in [6.45, 7) is 3.14. The summed E-state index contributed by atoms with van der Waals surface area (Å²) in [6, 6.07) is 14.8. The maximum absolute atomic E-state index is 13.6. The van der Waals surface area contributed by atoms with Gasteiger partial charge in [0.1, 0.15) is 23.2 Å². The number of rotatable bonds is 12.